The Kier molecular flexibility index (Phi) is 3.20. The SMILES string of the molecule is NC1CC(C(F)(F)F)Cn2nc(-c3ccc(F)cc3)nc21. The van der Waals surface area contributed by atoms with Crippen molar-refractivity contribution in [2.24, 2.45) is 11.7 Å². The zero-order valence-electron chi connectivity index (χ0n) is 10.8. The Morgan fingerprint density at radius 3 is 2.48 bits per heavy atom. The summed E-state index contributed by atoms with van der Waals surface area (Å²) in [6.07, 6.45) is -4.51. The molecule has 112 valence electrons. The van der Waals surface area contributed by atoms with Crippen molar-refractivity contribution in [1.82, 2.24) is 14.8 Å². The Labute approximate surface area is 117 Å². The largest absolute Gasteiger partial charge is 0.393 e. The molecular weight excluding hydrogens is 288 g/mol. The molecule has 3 rings (SSSR count). The van der Waals surface area contributed by atoms with E-state index < -0.39 is 24.0 Å². The summed E-state index contributed by atoms with van der Waals surface area (Å²) in [4.78, 5) is 4.19. The molecule has 0 radical (unpaired) electrons. The zero-order valence-corrected chi connectivity index (χ0v) is 10.8. The topological polar surface area (TPSA) is 56.7 Å². The minimum atomic E-state index is -4.31. The highest BCUT2D eigenvalue weighted by atomic mass is 19.4. The first-order chi connectivity index (χ1) is 9.84. The summed E-state index contributed by atoms with van der Waals surface area (Å²) >= 11 is 0. The molecule has 4 nitrogen and oxygen atoms in total. The highest BCUT2D eigenvalue weighted by Gasteiger charge is 2.44. The third kappa shape index (κ3) is 2.63. The van der Waals surface area contributed by atoms with Gasteiger partial charge < -0.3 is 5.73 Å². The fraction of sp³-hybridized carbons (Fsp3) is 0.385. The van der Waals surface area contributed by atoms with Crippen LogP contribution in [0.3, 0.4) is 0 Å². The molecule has 0 fully saturated rings. The zero-order chi connectivity index (χ0) is 15.2. The van der Waals surface area contributed by atoms with Crippen LogP contribution >= 0.6 is 0 Å². The maximum Gasteiger partial charge on any atom is 0.393 e. The lowest BCUT2D eigenvalue weighted by atomic mass is 9.96. The van der Waals surface area contributed by atoms with E-state index in [1.54, 1.807) is 0 Å². The Balaban J connectivity index is 1.94. The molecule has 1 aromatic heterocycles. The minimum absolute atomic E-state index is 0.203. The third-order valence-corrected chi connectivity index (χ3v) is 3.53. The number of aromatic nitrogens is 3. The van der Waals surface area contributed by atoms with Crippen LogP contribution < -0.4 is 5.73 Å². The van der Waals surface area contributed by atoms with Gasteiger partial charge in [0.05, 0.1) is 18.5 Å². The Morgan fingerprint density at radius 1 is 1.19 bits per heavy atom. The summed E-state index contributed by atoms with van der Waals surface area (Å²) in [6.45, 7) is -0.291. The maximum absolute atomic E-state index is 12.9. The first kappa shape index (κ1) is 14.0. The van der Waals surface area contributed by atoms with Crippen molar-refractivity contribution < 1.29 is 17.6 Å². The summed E-state index contributed by atoms with van der Waals surface area (Å²) in [5, 5.41) is 4.07. The highest BCUT2D eigenvalue weighted by Crippen LogP contribution is 2.37. The lowest BCUT2D eigenvalue weighted by Crippen LogP contribution is -2.37. The van der Waals surface area contributed by atoms with Crippen LogP contribution in [0.4, 0.5) is 17.6 Å². The third-order valence-electron chi connectivity index (χ3n) is 3.53. The van der Waals surface area contributed by atoms with Crippen LogP contribution in [-0.4, -0.2) is 20.9 Å². The molecule has 0 saturated heterocycles. The molecule has 2 atom stereocenters. The fourth-order valence-corrected chi connectivity index (χ4v) is 2.42. The second-order valence-electron chi connectivity index (χ2n) is 5.06. The maximum atomic E-state index is 12.9. The van der Waals surface area contributed by atoms with Gasteiger partial charge in [0.1, 0.15) is 11.6 Å². The van der Waals surface area contributed by atoms with Gasteiger partial charge in [0, 0.05) is 5.56 Å². The second-order valence-corrected chi connectivity index (χ2v) is 5.06. The van der Waals surface area contributed by atoms with Crippen molar-refractivity contribution in [2.75, 3.05) is 0 Å². The van der Waals surface area contributed by atoms with Gasteiger partial charge in [-0.3, -0.25) is 0 Å². The number of halogens is 4. The van der Waals surface area contributed by atoms with Crippen LogP contribution in [0.5, 0.6) is 0 Å². The number of fused-ring (bicyclic) bond motifs is 1. The summed E-state index contributed by atoms with van der Waals surface area (Å²) in [5.74, 6) is -1.35. The van der Waals surface area contributed by atoms with Crippen LogP contribution in [-0.2, 0) is 6.54 Å². The molecular formula is C13H12F4N4. The van der Waals surface area contributed by atoms with Gasteiger partial charge in [-0.15, -0.1) is 0 Å². The lowest BCUT2D eigenvalue weighted by Gasteiger charge is -2.28. The molecule has 0 aliphatic carbocycles. The minimum Gasteiger partial charge on any atom is -0.321 e. The van der Waals surface area contributed by atoms with E-state index >= 15 is 0 Å². The first-order valence-electron chi connectivity index (χ1n) is 6.37. The Hall–Kier alpha value is -1.96. The van der Waals surface area contributed by atoms with Gasteiger partial charge in [-0.25, -0.2) is 14.1 Å². The molecule has 8 heteroatoms. The predicted octanol–water partition coefficient (Wildman–Crippen LogP) is 2.67. The van der Waals surface area contributed by atoms with Crippen molar-refractivity contribution in [3.8, 4) is 11.4 Å². The van der Waals surface area contributed by atoms with Crippen molar-refractivity contribution >= 4 is 0 Å². The molecule has 2 unspecified atom stereocenters. The number of nitrogens with two attached hydrogens (primary N) is 1. The van der Waals surface area contributed by atoms with Crippen LogP contribution in [0, 0.1) is 11.7 Å². The average Bonchev–Trinajstić information content (AvgIpc) is 2.83. The van der Waals surface area contributed by atoms with Crippen molar-refractivity contribution in [1.29, 1.82) is 0 Å². The normalized spacial score (nSPS) is 22.1. The van der Waals surface area contributed by atoms with Crippen LogP contribution in [0.25, 0.3) is 11.4 Å². The second kappa shape index (κ2) is 4.80. The molecule has 1 aromatic carbocycles. The molecule has 2 N–H and O–H groups in total. The van der Waals surface area contributed by atoms with Crippen LogP contribution in [0.2, 0.25) is 0 Å². The van der Waals surface area contributed by atoms with E-state index in [4.69, 9.17) is 5.73 Å². The van der Waals surface area contributed by atoms with Crippen LogP contribution in [0.15, 0.2) is 24.3 Å². The highest BCUT2D eigenvalue weighted by molar-refractivity contribution is 5.54. The summed E-state index contributed by atoms with van der Waals surface area (Å²) in [7, 11) is 0. The fourth-order valence-electron chi connectivity index (χ4n) is 2.42. The van der Waals surface area contributed by atoms with Gasteiger partial charge in [0.2, 0.25) is 0 Å². The average molecular weight is 300 g/mol. The summed E-state index contributed by atoms with van der Waals surface area (Å²) in [5.41, 5.74) is 6.30. The number of alkyl halides is 3. The molecule has 2 aromatic rings. The first-order valence-corrected chi connectivity index (χ1v) is 6.37. The van der Waals surface area contributed by atoms with E-state index in [1.807, 2.05) is 0 Å². The summed E-state index contributed by atoms with van der Waals surface area (Å²) in [6, 6.07) is 4.63. The summed E-state index contributed by atoms with van der Waals surface area (Å²) < 4.78 is 52.6. The van der Waals surface area contributed by atoms with Gasteiger partial charge >= 0.3 is 6.18 Å². The van der Waals surface area contributed by atoms with E-state index in [9.17, 15) is 17.6 Å². The predicted molar refractivity (Wildman–Crippen MR) is 66.5 cm³/mol. The molecule has 0 amide bonds. The van der Waals surface area contributed by atoms with Crippen molar-refractivity contribution in [3.63, 3.8) is 0 Å². The smallest absolute Gasteiger partial charge is 0.321 e. The molecule has 21 heavy (non-hydrogen) atoms. The Morgan fingerprint density at radius 2 is 1.86 bits per heavy atom. The van der Waals surface area contributed by atoms with Crippen LogP contribution in [0.1, 0.15) is 18.3 Å². The monoisotopic (exact) mass is 300 g/mol. The molecule has 0 saturated carbocycles. The van der Waals surface area contributed by atoms with Crippen molar-refractivity contribution in [3.05, 3.63) is 35.9 Å². The van der Waals surface area contributed by atoms with E-state index in [-0.39, 0.29) is 18.8 Å². The molecule has 1 aliphatic heterocycles. The number of hydrogen-bond donors (Lipinski definition) is 1. The van der Waals surface area contributed by atoms with E-state index in [0.29, 0.717) is 11.4 Å². The molecule has 1 aliphatic rings. The van der Waals surface area contributed by atoms with E-state index in [0.717, 1.165) is 0 Å². The van der Waals surface area contributed by atoms with E-state index in [1.165, 1.54) is 28.9 Å². The van der Waals surface area contributed by atoms with Gasteiger partial charge in [-0.1, -0.05) is 0 Å². The van der Waals surface area contributed by atoms with E-state index in [2.05, 4.69) is 10.1 Å². The van der Waals surface area contributed by atoms with Gasteiger partial charge in [0.25, 0.3) is 0 Å². The van der Waals surface area contributed by atoms with Gasteiger partial charge in [0.15, 0.2) is 5.82 Å². The Bertz CT molecular complexity index is 647. The lowest BCUT2D eigenvalue weighted by molar-refractivity contribution is -0.184. The van der Waals surface area contributed by atoms with Gasteiger partial charge in [-0.2, -0.15) is 18.3 Å². The van der Waals surface area contributed by atoms with Gasteiger partial charge in [-0.05, 0) is 30.7 Å². The standard InChI is InChI=1S/C13H12F4N4/c14-9-3-1-7(2-4-9)11-19-12-10(18)5-8(13(15,16)17)6-21(12)20-11/h1-4,8,10H,5-6,18H2. The number of nitrogens with zero attached hydrogens (tertiary/aromatic N) is 3. The van der Waals surface area contributed by atoms with Crippen molar-refractivity contribution in [2.45, 2.75) is 25.2 Å². The quantitative estimate of drug-likeness (QED) is 0.824. The molecule has 0 spiro atoms. The molecule has 2 heterocycles. The number of benzene rings is 1. The number of rotatable bonds is 1. The number of hydrogen-bond acceptors (Lipinski definition) is 3. The molecule has 0 bridgehead atoms.